The molecular weight excluding hydrogens is 416 g/mol. The number of ether oxygens (including phenoxy) is 2. The molecule has 0 spiro atoms. The Morgan fingerprint density at radius 1 is 0.970 bits per heavy atom. The molecule has 3 fully saturated rings. The molecule has 0 aliphatic carbocycles. The lowest BCUT2D eigenvalue weighted by molar-refractivity contribution is -0.120. The monoisotopic (exact) mass is 448 g/mol. The number of aromatic nitrogens is 1. The Morgan fingerprint density at radius 2 is 1.73 bits per heavy atom. The number of benzene rings is 1. The molecule has 3 aliphatic rings. The molecule has 7 nitrogen and oxygen atoms in total. The summed E-state index contributed by atoms with van der Waals surface area (Å²) in [6.07, 6.45) is 5.69. The summed E-state index contributed by atoms with van der Waals surface area (Å²) in [6.45, 7) is 6.57. The quantitative estimate of drug-likeness (QED) is 0.670. The third kappa shape index (κ3) is 4.89. The number of piperazine rings is 1. The van der Waals surface area contributed by atoms with Crippen LogP contribution in [0.2, 0.25) is 0 Å². The lowest BCUT2D eigenvalue weighted by Gasteiger charge is -2.34. The zero-order valence-corrected chi connectivity index (χ0v) is 19.3. The Morgan fingerprint density at radius 3 is 2.48 bits per heavy atom. The molecule has 1 aromatic heterocycles. The van der Waals surface area contributed by atoms with Crippen molar-refractivity contribution in [2.75, 3.05) is 69.4 Å². The van der Waals surface area contributed by atoms with E-state index in [1.165, 1.54) is 5.56 Å². The highest BCUT2D eigenvalue weighted by atomic mass is 16.5. The number of hydrogen-bond acceptors (Lipinski definition) is 6. The summed E-state index contributed by atoms with van der Waals surface area (Å²) >= 11 is 0. The topological polar surface area (TPSA) is 58.1 Å². The Balaban J connectivity index is 1.34. The van der Waals surface area contributed by atoms with Crippen LogP contribution in [0.4, 0.5) is 11.4 Å². The molecule has 0 N–H and O–H groups in total. The number of rotatable bonds is 4. The van der Waals surface area contributed by atoms with Gasteiger partial charge < -0.3 is 24.2 Å². The van der Waals surface area contributed by atoms with Crippen molar-refractivity contribution in [2.45, 2.75) is 18.8 Å². The standard InChI is InChI=1S/C26H32N4O3/c1-28-11-13-29(14-12-28)24-3-2-10-27-23(24)19-25-26(31)30(15-18-33-25)22-6-4-20(5-7-22)21-8-16-32-17-9-21/h2-7,10,19,21H,8-9,11-18H2,1H3/b25-19+. The molecule has 3 aliphatic heterocycles. The second kappa shape index (κ2) is 9.93. The molecule has 0 unspecified atom stereocenters. The van der Waals surface area contributed by atoms with E-state index in [1.807, 2.05) is 11.0 Å². The minimum atomic E-state index is -0.116. The van der Waals surface area contributed by atoms with Gasteiger partial charge in [0.05, 0.1) is 17.9 Å². The van der Waals surface area contributed by atoms with E-state index in [0.29, 0.717) is 24.8 Å². The first kappa shape index (κ1) is 21.9. The van der Waals surface area contributed by atoms with E-state index in [9.17, 15) is 4.79 Å². The van der Waals surface area contributed by atoms with Crippen molar-refractivity contribution >= 4 is 23.4 Å². The van der Waals surface area contributed by atoms with Crippen molar-refractivity contribution in [3.63, 3.8) is 0 Å². The Hall–Kier alpha value is -2.90. The minimum Gasteiger partial charge on any atom is -0.486 e. The van der Waals surface area contributed by atoms with Gasteiger partial charge in [0, 0.05) is 57.4 Å². The van der Waals surface area contributed by atoms with E-state index >= 15 is 0 Å². The molecular formula is C26H32N4O3. The molecule has 5 rings (SSSR count). The second-order valence-corrected chi connectivity index (χ2v) is 8.99. The highest BCUT2D eigenvalue weighted by molar-refractivity contribution is 6.07. The Kier molecular flexibility index (Phi) is 6.60. The molecule has 0 saturated carbocycles. The predicted octanol–water partition coefficient (Wildman–Crippen LogP) is 3.13. The zero-order chi connectivity index (χ0) is 22.6. The number of pyridine rings is 1. The van der Waals surface area contributed by atoms with E-state index in [0.717, 1.165) is 69.3 Å². The van der Waals surface area contributed by atoms with Crippen molar-refractivity contribution in [3.8, 4) is 0 Å². The Bertz CT molecular complexity index is 993. The SMILES string of the molecule is CN1CCN(c2cccnc2/C=C2/OCCN(c3ccc(C4CCOCC4)cc3)C2=O)CC1. The van der Waals surface area contributed by atoms with Gasteiger partial charge in [0.25, 0.3) is 5.91 Å². The van der Waals surface area contributed by atoms with Crippen LogP contribution in [-0.4, -0.2) is 75.4 Å². The van der Waals surface area contributed by atoms with Crippen molar-refractivity contribution in [1.82, 2.24) is 9.88 Å². The van der Waals surface area contributed by atoms with E-state index in [4.69, 9.17) is 9.47 Å². The molecule has 33 heavy (non-hydrogen) atoms. The first-order valence-electron chi connectivity index (χ1n) is 11.9. The fraction of sp³-hybridized carbons (Fsp3) is 0.462. The molecule has 4 heterocycles. The van der Waals surface area contributed by atoms with Gasteiger partial charge in [-0.25, -0.2) is 0 Å². The van der Waals surface area contributed by atoms with E-state index in [2.05, 4.69) is 52.2 Å². The summed E-state index contributed by atoms with van der Waals surface area (Å²) < 4.78 is 11.3. The zero-order valence-electron chi connectivity index (χ0n) is 19.3. The number of amides is 1. The van der Waals surface area contributed by atoms with Gasteiger partial charge in [-0.15, -0.1) is 0 Å². The minimum absolute atomic E-state index is 0.116. The number of carbonyl (C=O) groups excluding carboxylic acids is 1. The van der Waals surface area contributed by atoms with Gasteiger partial charge in [-0.1, -0.05) is 12.1 Å². The van der Waals surface area contributed by atoms with Gasteiger partial charge >= 0.3 is 0 Å². The van der Waals surface area contributed by atoms with E-state index < -0.39 is 0 Å². The first-order valence-corrected chi connectivity index (χ1v) is 11.9. The molecule has 2 aromatic rings. The molecule has 174 valence electrons. The highest BCUT2D eigenvalue weighted by Gasteiger charge is 2.27. The number of likely N-dealkylation sites (N-methyl/N-ethyl adjacent to an activating group) is 1. The average Bonchev–Trinajstić information content (AvgIpc) is 2.87. The normalized spacial score (nSPS) is 22.0. The van der Waals surface area contributed by atoms with Gasteiger partial charge in [-0.2, -0.15) is 0 Å². The van der Waals surface area contributed by atoms with Crippen LogP contribution in [0, 0.1) is 0 Å². The molecule has 0 bridgehead atoms. The lowest BCUT2D eigenvalue weighted by Crippen LogP contribution is -2.44. The number of carbonyl (C=O) groups is 1. The summed E-state index contributed by atoms with van der Waals surface area (Å²) in [4.78, 5) is 24.3. The second-order valence-electron chi connectivity index (χ2n) is 8.99. The van der Waals surface area contributed by atoms with Crippen LogP contribution in [-0.2, 0) is 14.3 Å². The average molecular weight is 449 g/mol. The number of nitrogens with zero attached hydrogens (tertiary/aromatic N) is 4. The summed E-state index contributed by atoms with van der Waals surface area (Å²) in [5.41, 5.74) is 4.06. The summed E-state index contributed by atoms with van der Waals surface area (Å²) in [5, 5.41) is 0. The maximum Gasteiger partial charge on any atom is 0.293 e. The van der Waals surface area contributed by atoms with Crippen LogP contribution in [0.15, 0.2) is 48.4 Å². The predicted molar refractivity (Wildman–Crippen MR) is 129 cm³/mol. The van der Waals surface area contributed by atoms with E-state index in [-0.39, 0.29) is 5.91 Å². The molecule has 1 amide bonds. The fourth-order valence-corrected chi connectivity index (χ4v) is 4.81. The molecule has 7 heteroatoms. The molecule has 0 atom stereocenters. The maximum atomic E-state index is 13.3. The van der Waals surface area contributed by atoms with Gasteiger partial charge in [-0.05, 0) is 55.6 Å². The lowest BCUT2D eigenvalue weighted by atomic mass is 9.91. The van der Waals surface area contributed by atoms with Crippen LogP contribution in [0.3, 0.4) is 0 Å². The van der Waals surface area contributed by atoms with Crippen LogP contribution in [0.25, 0.3) is 6.08 Å². The van der Waals surface area contributed by atoms with Crippen molar-refractivity contribution < 1.29 is 14.3 Å². The van der Waals surface area contributed by atoms with Crippen LogP contribution < -0.4 is 9.80 Å². The van der Waals surface area contributed by atoms with Crippen molar-refractivity contribution in [3.05, 3.63) is 59.6 Å². The maximum absolute atomic E-state index is 13.3. The van der Waals surface area contributed by atoms with Crippen LogP contribution >= 0.6 is 0 Å². The number of morpholine rings is 1. The van der Waals surface area contributed by atoms with Crippen molar-refractivity contribution in [1.29, 1.82) is 0 Å². The summed E-state index contributed by atoms with van der Waals surface area (Å²) in [5.74, 6) is 0.777. The highest BCUT2D eigenvalue weighted by Crippen LogP contribution is 2.30. The molecule has 1 aromatic carbocycles. The van der Waals surface area contributed by atoms with Gasteiger partial charge in [0.1, 0.15) is 6.61 Å². The van der Waals surface area contributed by atoms with Gasteiger partial charge in [0.2, 0.25) is 0 Å². The smallest absolute Gasteiger partial charge is 0.293 e. The summed E-state index contributed by atoms with van der Waals surface area (Å²) in [6, 6.07) is 12.4. The first-order chi connectivity index (χ1) is 16.2. The van der Waals surface area contributed by atoms with Gasteiger partial charge in [-0.3, -0.25) is 9.78 Å². The van der Waals surface area contributed by atoms with Crippen LogP contribution in [0.1, 0.15) is 30.0 Å². The van der Waals surface area contributed by atoms with E-state index in [1.54, 1.807) is 12.3 Å². The number of anilines is 2. The Labute approximate surface area is 195 Å². The third-order valence-corrected chi connectivity index (χ3v) is 6.85. The van der Waals surface area contributed by atoms with Gasteiger partial charge in [0.15, 0.2) is 5.76 Å². The van der Waals surface area contributed by atoms with Crippen LogP contribution in [0.5, 0.6) is 0 Å². The van der Waals surface area contributed by atoms with Crippen molar-refractivity contribution in [2.24, 2.45) is 0 Å². The molecule has 3 saturated heterocycles. The fourth-order valence-electron chi connectivity index (χ4n) is 4.81. The third-order valence-electron chi connectivity index (χ3n) is 6.85. The summed E-state index contributed by atoms with van der Waals surface area (Å²) in [7, 11) is 2.14. The largest absolute Gasteiger partial charge is 0.486 e. The number of hydrogen-bond donors (Lipinski definition) is 0. The molecule has 0 radical (unpaired) electrons.